The van der Waals surface area contributed by atoms with E-state index in [0.717, 1.165) is 12.8 Å². The van der Waals surface area contributed by atoms with Gasteiger partial charge in [-0.25, -0.2) is 0 Å². The molecule has 0 atom stereocenters. The molecule has 0 unspecified atom stereocenters. The summed E-state index contributed by atoms with van der Waals surface area (Å²) in [4.78, 5) is 12.4. The highest BCUT2D eigenvalue weighted by Crippen LogP contribution is 1.99. The minimum atomic E-state index is -0.0558. The fourth-order valence-corrected chi connectivity index (χ4v) is 1.16. The van der Waals surface area contributed by atoms with Crippen molar-refractivity contribution in [3.63, 3.8) is 0 Å². The predicted molar refractivity (Wildman–Crippen MR) is 52.8 cm³/mol. The maximum atomic E-state index is 10.9. The molecule has 0 fully saturated rings. The van der Waals surface area contributed by atoms with Gasteiger partial charge in [-0.2, -0.15) is 0 Å². The number of hydrogen-bond donors (Lipinski definition) is 1. The van der Waals surface area contributed by atoms with Gasteiger partial charge >= 0.3 is 5.97 Å². The lowest BCUT2D eigenvalue weighted by atomic mass is 10.2. The molecule has 0 aromatic carbocycles. The van der Waals surface area contributed by atoms with Crippen molar-refractivity contribution < 1.29 is 14.4 Å². The van der Waals surface area contributed by atoms with Crippen molar-refractivity contribution in [1.29, 1.82) is 0 Å². The van der Waals surface area contributed by atoms with Gasteiger partial charge in [0.1, 0.15) is 0 Å². The van der Waals surface area contributed by atoms with Crippen LogP contribution in [0.3, 0.4) is 0 Å². The van der Waals surface area contributed by atoms with Crippen molar-refractivity contribution in [2.24, 2.45) is 0 Å². The Morgan fingerprint density at radius 2 is 1.92 bits per heavy atom. The molecular weight excluding hydrogens is 166 g/mol. The molecule has 3 heteroatoms. The Kier molecular flexibility index (Phi) is 7.69. The molecule has 1 N–H and O–H groups in total. The second kappa shape index (κ2) is 8.05. The fourth-order valence-electron chi connectivity index (χ4n) is 1.16. The van der Waals surface area contributed by atoms with Crippen molar-refractivity contribution in [3.05, 3.63) is 0 Å². The average molecular weight is 188 g/mol. The average Bonchev–Trinajstić information content (AvgIpc) is 2.03. The minimum absolute atomic E-state index is 0.0558. The summed E-state index contributed by atoms with van der Waals surface area (Å²) in [7, 11) is 4.29. The van der Waals surface area contributed by atoms with Crippen molar-refractivity contribution in [1.82, 2.24) is 0 Å². The molecular formula is C10H22NO2+. The number of quaternary nitrogens is 1. The van der Waals surface area contributed by atoms with Crippen molar-refractivity contribution in [3.8, 4) is 0 Å². The van der Waals surface area contributed by atoms with Crippen LogP contribution in [0.2, 0.25) is 0 Å². The maximum absolute atomic E-state index is 10.9. The lowest BCUT2D eigenvalue weighted by Gasteiger charge is -2.06. The zero-order valence-electron chi connectivity index (χ0n) is 9.06. The Hall–Kier alpha value is -0.570. The van der Waals surface area contributed by atoms with E-state index in [-0.39, 0.29) is 5.97 Å². The first-order valence-corrected chi connectivity index (χ1v) is 5.11. The molecule has 0 aromatic rings. The van der Waals surface area contributed by atoms with E-state index >= 15 is 0 Å². The third kappa shape index (κ3) is 9.34. The second-order valence-electron chi connectivity index (χ2n) is 3.57. The van der Waals surface area contributed by atoms with E-state index in [0.29, 0.717) is 13.0 Å². The minimum Gasteiger partial charge on any atom is -0.466 e. The van der Waals surface area contributed by atoms with Crippen LogP contribution in [-0.4, -0.2) is 33.2 Å². The van der Waals surface area contributed by atoms with Gasteiger partial charge in [-0.1, -0.05) is 0 Å². The van der Waals surface area contributed by atoms with E-state index in [1.807, 2.05) is 6.92 Å². The number of nitrogens with one attached hydrogen (secondary N) is 1. The van der Waals surface area contributed by atoms with Gasteiger partial charge in [0.2, 0.25) is 0 Å². The molecule has 0 amide bonds. The molecule has 0 spiro atoms. The number of hydrogen-bond acceptors (Lipinski definition) is 2. The molecule has 0 aliphatic heterocycles. The van der Waals surface area contributed by atoms with Crippen molar-refractivity contribution >= 4 is 5.97 Å². The fraction of sp³-hybridized carbons (Fsp3) is 0.900. The number of esters is 1. The van der Waals surface area contributed by atoms with Gasteiger partial charge in [-0.3, -0.25) is 4.79 Å². The van der Waals surface area contributed by atoms with Crippen LogP contribution in [-0.2, 0) is 9.53 Å². The van der Waals surface area contributed by atoms with Crippen LogP contribution in [0.5, 0.6) is 0 Å². The van der Waals surface area contributed by atoms with Gasteiger partial charge in [-0.15, -0.1) is 0 Å². The van der Waals surface area contributed by atoms with E-state index in [4.69, 9.17) is 4.74 Å². The smallest absolute Gasteiger partial charge is 0.305 e. The summed E-state index contributed by atoms with van der Waals surface area (Å²) in [6.45, 7) is 3.52. The summed E-state index contributed by atoms with van der Waals surface area (Å²) in [5.74, 6) is -0.0558. The molecule has 0 aliphatic carbocycles. The number of carbonyl (C=O) groups excluding carboxylic acids is 1. The van der Waals surface area contributed by atoms with Crippen LogP contribution < -0.4 is 4.90 Å². The Morgan fingerprint density at radius 1 is 1.23 bits per heavy atom. The number of unbranched alkanes of at least 4 members (excludes halogenated alkanes) is 2. The first kappa shape index (κ1) is 12.4. The quantitative estimate of drug-likeness (QED) is 0.459. The van der Waals surface area contributed by atoms with E-state index in [2.05, 4.69) is 14.1 Å². The Balaban J connectivity index is 3.11. The molecule has 13 heavy (non-hydrogen) atoms. The lowest BCUT2D eigenvalue weighted by molar-refractivity contribution is -0.858. The summed E-state index contributed by atoms with van der Waals surface area (Å²) in [6.07, 6.45) is 3.87. The van der Waals surface area contributed by atoms with Crippen LogP contribution in [0.15, 0.2) is 0 Å². The first-order chi connectivity index (χ1) is 6.16. The Labute approximate surface area is 81.1 Å². The summed E-state index contributed by atoms with van der Waals surface area (Å²) in [5, 5.41) is 0. The lowest BCUT2D eigenvalue weighted by Crippen LogP contribution is -3.05. The van der Waals surface area contributed by atoms with Crippen LogP contribution in [0.25, 0.3) is 0 Å². The molecule has 0 heterocycles. The summed E-state index contributed by atoms with van der Waals surface area (Å²) in [6, 6.07) is 0. The topological polar surface area (TPSA) is 30.7 Å². The summed E-state index contributed by atoms with van der Waals surface area (Å²) < 4.78 is 4.83. The normalized spacial score (nSPS) is 10.5. The number of rotatable bonds is 7. The highest BCUT2D eigenvalue weighted by Gasteiger charge is 2.01. The van der Waals surface area contributed by atoms with Crippen LogP contribution in [0.4, 0.5) is 0 Å². The highest BCUT2D eigenvalue weighted by atomic mass is 16.5. The molecule has 0 rings (SSSR count). The second-order valence-corrected chi connectivity index (χ2v) is 3.57. The van der Waals surface area contributed by atoms with Gasteiger partial charge in [0.25, 0.3) is 0 Å². The highest BCUT2D eigenvalue weighted by molar-refractivity contribution is 5.69. The van der Waals surface area contributed by atoms with Crippen LogP contribution in [0.1, 0.15) is 32.6 Å². The zero-order chi connectivity index (χ0) is 10.1. The van der Waals surface area contributed by atoms with Crippen LogP contribution >= 0.6 is 0 Å². The van der Waals surface area contributed by atoms with Gasteiger partial charge in [-0.05, 0) is 26.2 Å². The van der Waals surface area contributed by atoms with Crippen molar-refractivity contribution in [2.75, 3.05) is 27.2 Å². The standard InChI is InChI=1S/C10H21NO2/c1-4-13-10(12)8-6-5-7-9-11(2)3/h4-9H2,1-3H3/p+1. The Bertz CT molecular complexity index is 135. The van der Waals surface area contributed by atoms with Gasteiger partial charge in [0, 0.05) is 6.42 Å². The zero-order valence-corrected chi connectivity index (χ0v) is 9.06. The monoisotopic (exact) mass is 188 g/mol. The van der Waals surface area contributed by atoms with E-state index < -0.39 is 0 Å². The van der Waals surface area contributed by atoms with Crippen molar-refractivity contribution in [2.45, 2.75) is 32.6 Å². The molecule has 0 saturated heterocycles. The summed E-state index contributed by atoms with van der Waals surface area (Å²) in [5.41, 5.74) is 0. The Morgan fingerprint density at radius 3 is 2.46 bits per heavy atom. The van der Waals surface area contributed by atoms with Gasteiger partial charge in [0.15, 0.2) is 0 Å². The third-order valence-electron chi connectivity index (χ3n) is 1.86. The molecule has 3 nitrogen and oxygen atoms in total. The maximum Gasteiger partial charge on any atom is 0.305 e. The molecule has 78 valence electrons. The molecule has 0 saturated carbocycles. The first-order valence-electron chi connectivity index (χ1n) is 5.11. The van der Waals surface area contributed by atoms with E-state index in [9.17, 15) is 4.79 Å². The molecule has 0 radical (unpaired) electrons. The van der Waals surface area contributed by atoms with Gasteiger partial charge in [0.05, 0.1) is 27.2 Å². The number of carbonyl (C=O) groups is 1. The third-order valence-corrected chi connectivity index (χ3v) is 1.86. The largest absolute Gasteiger partial charge is 0.466 e. The van der Waals surface area contributed by atoms with Crippen LogP contribution in [0, 0.1) is 0 Å². The molecule has 0 aliphatic rings. The SMILES string of the molecule is CCOC(=O)CCCCC[NH+](C)C. The molecule has 0 aromatic heterocycles. The molecule has 0 bridgehead atoms. The van der Waals surface area contributed by atoms with E-state index in [1.54, 1.807) is 0 Å². The predicted octanol–water partition coefficient (Wildman–Crippen LogP) is 0.254. The number of ether oxygens (including phenoxy) is 1. The van der Waals surface area contributed by atoms with E-state index in [1.165, 1.54) is 17.9 Å². The van der Waals surface area contributed by atoms with Gasteiger partial charge < -0.3 is 9.64 Å². The summed E-state index contributed by atoms with van der Waals surface area (Å²) >= 11 is 0.